The van der Waals surface area contributed by atoms with Gasteiger partial charge >= 0.3 is 0 Å². The number of nitrogens with zero attached hydrogens (tertiary/aromatic N) is 6. The van der Waals surface area contributed by atoms with Crippen molar-refractivity contribution in [3.05, 3.63) is 47.6 Å². The lowest BCUT2D eigenvalue weighted by molar-refractivity contribution is -0.138. The van der Waals surface area contributed by atoms with Crippen LogP contribution < -0.4 is 11.1 Å². The molecule has 0 aromatic carbocycles. The third-order valence-electron chi connectivity index (χ3n) is 6.43. The largest absolute Gasteiger partial charge is 0.383 e. The van der Waals surface area contributed by atoms with Gasteiger partial charge in [0.1, 0.15) is 40.8 Å². The molecule has 4 aromatic heterocycles. The third-order valence-corrected chi connectivity index (χ3v) is 6.87. The highest BCUT2D eigenvalue weighted by atomic mass is 79.9. The molecule has 33 heavy (non-hydrogen) atoms. The average molecular weight is 507 g/mol. The molecule has 11 heteroatoms. The third kappa shape index (κ3) is 3.30. The lowest BCUT2D eigenvalue weighted by atomic mass is 10.1. The molecule has 3 atom stereocenters. The van der Waals surface area contributed by atoms with Crippen LogP contribution in [0.1, 0.15) is 12.8 Å². The fourth-order valence-electron chi connectivity index (χ4n) is 4.90. The number of nitrogen functional groups attached to an aromatic ring is 1. The van der Waals surface area contributed by atoms with Gasteiger partial charge in [-0.25, -0.2) is 15.0 Å². The molecular formula is C22H19BrN8O2. The van der Waals surface area contributed by atoms with Crippen LogP contribution in [0.3, 0.4) is 0 Å². The van der Waals surface area contributed by atoms with Crippen molar-refractivity contribution in [1.82, 2.24) is 29.4 Å². The number of likely N-dealkylation sites (tertiary alicyclic amines) is 1. The van der Waals surface area contributed by atoms with Crippen LogP contribution in [0, 0.1) is 5.92 Å². The number of rotatable bonds is 4. The Kier molecular flexibility index (Phi) is 4.54. The highest BCUT2D eigenvalue weighted by Crippen LogP contribution is 2.48. The van der Waals surface area contributed by atoms with Crippen LogP contribution in [0.4, 0.5) is 11.6 Å². The fraction of sp³-hybridized carbons (Fsp3) is 0.273. The Bertz CT molecular complexity index is 1440. The lowest BCUT2D eigenvalue weighted by Crippen LogP contribution is -2.46. The van der Waals surface area contributed by atoms with Crippen LogP contribution in [0.2, 0.25) is 0 Å². The van der Waals surface area contributed by atoms with Crippen molar-refractivity contribution in [2.24, 2.45) is 5.92 Å². The normalized spacial score (nSPS) is 21.4. The number of piperidine rings is 1. The van der Waals surface area contributed by atoms with Crippen LogP contribution in [0.5, 0.6) is 0 Å². The van der Waals surface area contributed by atoms with Crippen LogP contribution >= 0.6 is 15.9 Å². The summed E-state index contributed by atoms with van der Waals surface area (Å²) in [6.07, 6.45) is 6.34. The van der Waals surface area contributed by atoms with Gasteiger partial charge in [-0.05, 0) is 52.9 Å². The summed E-state index contributed by atoms with van der Waals surface area (Å²) in [5, 5.41) is 4.32. The van der Waals surface area contributed by atoms with E-state index in [9.17, 15) is 9.59 Å². The molecule has 0 radical (unpaired) electrons. The summed E-state index contributed by atoms with van der Waals surface area (Å²) >= 11 is 3.31. The second kappa shape index (κ2) is 7.48. The van der Waals surface area contributed by atoms with Gasteiger partial charge in [0.15, 0.2) is 0 Å². The van der Waals surface area contributed by atoms with Gasteiger partial charge in [-0.3, -0.25) is 14.6 Å². The molecule has 0 spiro atoms. The molecule has 2 fully saturated rings. The number of fused-ring (bicyclic) bond motifs is 4. The van der Waals surface area contributed by atoms with Gasteiger partial charge in [0.05, 0.1) is 10.9 Å². The minimum Gasteiger partial charge on any atom is -0.383 e. The number of hydrogen-bond donors (Lipinski definition) is 2. The van der Waals surface area contributed by atoms with E-state index >= 15 is 0 Å². The SMILES string of the molecule is Nc1ncnc2c1c1cnccc1n2CC(=O)N1[C@@H]2C[C@@H]2C[C@H]1C(=O)Nc1cccc(Br)n1. The number of halogens is 1. The Morgan fingerprint density at radius 3 is 2.94 bits per heavy atom. The summed E-state index contributed by atoms with van der Waals surface area (Å²) in [4.78, 5) is 45.3. The van der Waals surface area contributed by atoms with Crippen LogP contribution in [0.15, 0.2) is 47.6 Å². The van der Waals surface area contributed by atoms with Crippen molar-refractivity contribution in [2.45, 2.75) is 31.5 Å². The van der Waals surface area contributed by atoms with Crippen LogP contribution in [-0.2, 0) is 16.1 Å². The predicted octanol–water partition coefficient (Wildman–Crippen LogP) is 2.35. The molecule has 6 rings (SSSR count). The maximum absolute atomic E-state index is 13.6. The molecule has 166 valence electrons. The molecule has 3 N–H and O–H groups in total. The highest BCUT2D eigenvalue weighted by molar-refractivity contribution is 9.10. The number of pyridine rings is 2. The highest BCUT2D eigenvalue weighted by Gasteiger charge is 2.56. The Morgan fingerprint density at radius 2 is 2.09 bits per heavy atom. The van der Waals surface area contributed by atoms with E-state index in [4.69, 9.17) is 5.73 Å². The molecule has 2 aliphatic rings. The molecule has 4 aromatic rings. The zero-order valence-electron chi connectivity index (χ0n) is 17.3. The van der Waals surface area contributed by atoms with E-state index in [1.807, 2.05) is 10.6 Å². The molecule has 5 heterocycles. The van der Waals surface area contributed by atoms with Gasteiger partial charge in [0, 0.05) is 23.8 Å². The first-order chi connectivity index (χ1) is 16.0. The molecule has 0 unspecified atom stereocenters. The zero-order valence-corrected chi connectivity index (χ0v) is 18.9. The molecule has 1 aliphatic heterocycles. The van der Waals surface area contributed by atoms with E-state index < -0.39 is 6.04 Å². The molecule has 1 aliphatic carbocycles. The van der Waals surface area contributed by atoms with Crippen molar-refractivity contribution in [3.63, 3.8) is 0 Å². The monoisotopic (exact) mass is 506 g/mol. The number of nitrogens with one attached hydrogen (secondary N) is 1. The zero-order chi connectivity index (χ0) is 22.7. The van der Waals surface area contributed by atoms with Crippen molar-refractivity contribution in [2.75, 3.05) is 11.1 Å². The second-order valence-corrected chi connectivity index (χ2v) is 9.20. The standard InChI is InChI=1S/C22H19BrN8O2/c23-16-2-1-3-17(28-16)29-22(33)15-7-11-6-14(11)31(15)18(32)9-30-13-4-5-25-8-12(13)19-20(24)26-10-27-21(19)30/h1-5,8,10-11,14-15H,6-7,9H2,(H2,24,26,27)(H,28,29,33)/t11-,14-,15+/m1/s1. The van der Waals surface area contributed by atoms with Crippen LogP contribution in [-0.4, -0.2) is 53.3 Å². The summed E-state index contributed by atoms with van der Waals surface area (Å²) in [6.45, 7) is 0.0442. The summed E-state index contributed by atoms with van der Waals surface area (Å²) in [5.41, 5.74) is 7.48. The number of anilines is 2. The molecule has 10 nitrogen and oxygen atoms in total. The van der Waals surface area contributed by atoms with Gasteiger partial charge in [0.2, 0.25) is 11.8 Å². The van der Waals surface area contributed by atoms with Gasteiger partial charge in [-0.2, -0.15) is 0 Å². The van der Waals surface area contributed by atoms with Gasteiger partial charge in [-0.15, -0.1) is 0 Å². The second-order valence-electron chi connectivity index (χ2n) is 8.39. The van der Waals surface area contributed by atoms with Crippen LogP contribution in [0.25, 0.3) is 21.9 Å². The summed E-state index contributed by atoms with van der Waals surface area (Å²) in [5.74, 6) is 0.797. The van der Waals surface area contributed by atoms with Gasteiger partial charge in [0.25, 0.3) is 0 Å². The molecule has 1 saturated carbocycles. The Labute approximate surface area is 196 Å². The van der Waals surface area contributed by atoms with E-state index in [1.54, 1.807) is 35.5 Å². The number of carbonyl (C=O) groups excluding carboxylic acids is 2. The lowest BCUT2D eigenvalue weighted by Gasteiger charge is -2.27. The average Bonchev–Trinajstić information content (AvgIpc) is 3.34. The van der Waals surface area contributed by atoms with Crippen molar-refractivity contribution < 1.29 is 9.59 Å². The van der Waals surface area contributed by atoms with E-state index in [0.717, 1.165) is 17.3 Å². The number of hydrogen-bond acceptors (Lipinski definition) is 7. The Balaban J connectivity index is 1.31. The Hall–Kier alpha value is -3.60. The minimum absolute atomic E-state index is 0.0442. The smallest absolute Gasteiger partial charge is 0.248 e. The van der Waals surface area contributed by atoms with E-state index in [-0.39, 0.29) is 24.4 Å². The number of aromatic nitrogens is 5. The maximum atomic E-state index is 13.6. The van der Waals surface area contributed by atoms with Crippen molar-refractivity contribution in [1.29, 1.82) is 0 Å². The van der Waals surface area contributed by atoms with E-state index in [1.165, 1.54) is 6.33 Å². The quantitative estimate of drug-likeness (QED) is 0.406. The topological polar surface area (TPSA) is 132 Å². The first-order valence-electron chi connectivity index (χ1n) is 10.6. The van der Waals surface area contributed by atoms with Gasteiger partial charge in [-0.1, -0.05) is 6.07 Å². The molecule has 1 saturated heterocycles. The first kappa shape index (κ1) is 20.0. The minimum atomic E-state index is -0.531. The van der Waals surface area contributed by atoms with Gasteiger partial charge < -0.3 is 20.5 Å². The summed E-state index contributed by atoms with van der Waals surface area (Å²) < 4.78 is 2.46. The maximum Gasteiger partial charge on any atom is 0.248 e. The fourth-order valence-corrected chi connectivity index (χ4v) is 5.24. The van der Waals surface area contributed by atoms with Crippen molar-refractivity contribution >= 4 is 61.3 Å². The molecule has 2 amide bonds. The Morgan fingerprint density at radius 1 is 1.21 bits per heavy atom. The summed E-state index contributed by atoms with van der Waals surface area (Å²) in [7, 11) is 0. The molecule has 0 bridgehead atoms. The predicted molar refractivity (Wildman–Crippen MR) is 125 cm³/mol. The number of carbonyl (C=O) groups is 2. The summed E-state index contributed by atoms with van der Waals surface area (Å²) in [6, 6.07) is 6.70. The first-order valence-corrected chi connectivity index (χ1v) is 11.4. The van der Waals surface area contributed by atoms with E-state index in [0.29, 0.717) is 39.6 Å². The number of nitrogens with two attached hydrogens (primary N) is 1. The number of amides is 2. The van der Waals surface area contributed by atoms with Crippen molar-refractivity contribution in [3.8, 4) is 0 Å². The molecular weight excluding hydrogens is 488 g/mol. The van der Waals surface area contributed by atoms with E-state index in [2.05, 4.69) is 41.2 Å².